The molecule has 0 saturated carbocycles. The molecule has 0 radical (unpaired) electrons. The number of nitrogens with one attached hydrogen (secondary N) is 2. The van der Waals surface area contributed by atoms with Gasteiger partial charge in [0.25, 0.3) is 0 Å². The number of rotatable bonds is 4. The Kier molecular flexibility index (Phi) is 5.92. The van der Waals surface area contributed by atoms with E-state index in [-0.39, 0.29) is 23.8 Å². The topological polar surface area (TPSA) is 47.6 Å². The van der Waals surface area contributed by atoms with Crippen LogP contribution >= 0.6 is 11.6 Å². The van der Waals surface area contributed by atoms with Gasteiger partial charge >= 0.3 is 0 Å². The van der Waals surface area contributed by atoms with Crippen LogP contribution in [-0.4, -0.2) is 47.9 Å². The van der Waals surface area contributed by atoms with Crippen molar-refractivity contribution >= 4 is 17.5 Å². The van der Waals surface area contributed by atoms with E-state index in [0.717, 1.165) is 6.42 Å². The number of hydrazine groups is 1. The monoisotopic (exact) mass is 402 g/mol. The molecule has 0 spiro atoms. The summed E-state index contributed by atoms with van der Waals surface area (Å²) in [6, 6.07) is 14.8. The molecule has 0 aromatic heterocycles. The summed E-state index contributed by atoms with van der Waals surface area (Å²) < 4.78 is 14.0. The number of piperazine rings is 1. The van der Waals surface area contributed by atoms with Crippen LogP contribution in [0.3, 0.4) is 0 Å². The number of nitrogens with zero attached hydrogens (tertiary/aromatic N) is 2. The Morgan fingerprint density at radius 2 is 1.79 bits per heavy atom. The second-order valence-corrected chi connectivity index (χ2v) is 7.75. The quantitative estimate of drug-likeness (QED) is 0.825. The maximum absolute atomic E-state index is 14.0. The van der Waals surface area contributed by atoms with E-state index in [1.807, 2.05) is 23.1 Å². The van der Waals surface area contributed by atoms with E-state index in [1.54, 1.807) is 12.1 Å². The third-order valence-corrected chi connectivity index (χ3v) is 5.88. The second kappa shape index (κ2) is 8.57. The molecule has 2 aromatic rings. The van der Waals surface area contributed by atoms with Crippen molar-refractivity contribution in [3.8, 4) is 0 Å². The average Bonchev–Trinajstić information content (AvgIpc) is 3.22. The third kappa shape index (κ3) is 4.20. The van der Waals surface area contributed by atoms with E-state index < -0.39 is 0 Å². The Labute approximate surface area is 169 Å². The summed E-state index contributed by atoms with van der Waals surface area (Å²) in [6.45, 7) is 3.16. The molecule has 2 unspecified atom stereocenters. The highest BCUT2D eigenvalue weighted by Crippen LogP contribution is 2.24. The van der Waals surface area contributed by atoms with Crippen LogP contribution < -0.4 is 10.9 Å². The number of carbonyl (C=O) groups is 1. The van der Waals surface area contributed by atoms with Crippen LogP contribution in [0.1, 0.15) is 23.6 Å². The molecule has 2 aliphatic rings. The van der Waals surface area contributed by atoms with Crippen LogP contribution in [-0.2, 0) is 11.3 Å². The fraction of sp³-hybridized carbons (Fsp3) is 0.381. The maximum Gasteiger partial charge on any atom is 0.241 e. The van der Waals surface area contributed by atoms with Gasteiger partial charge < -0.3 is 4.90 Å². The van der Waals surface area contributed by atoms with Gasteiger partial charge in [-0.3, -0.25) is 9.69 Å². The molecule has 2 atom stereocenters. The summed E-state index contributed by atoms with van der Waals surface area (Å²) in [7, 11) is 0. The molecule has 7 heteroatoms. The molecular formula is C21H24ClFN4O. The van der Waals surface area contributed by atoms with Crippen molar-refractivity contribution in [1.29, 1.82) is 0 Å². The minimum atomic E-state index is -0.279. The maximum atomic E-state index is 14.0. The molecular weight excluding hydrogens is 379 g/mol. The zero-order valence-corrected chi connectivity index (χ0v) is 16.3. The molecule has 4 rings (SSSR count). The van der Waals surface area contributed by atoms with Gasteiger partial charge in [0.05, 0.1) is 0 Å². The lowest BCUT2D eigenvalue weighted by atomic mass is 10.0. The number of halogens is 2. The van der Waals surface area contributed by atoms with Crippen molar-refractivity contribution in [2.75, 3.05) is 26.2 Å². The Hall–Kier alpha value is -1.99. The zero-order chi connectivity index (χ0) is 19.5. The zero-order valence-electron chi connectivity index (χ0n) is 15.6. The van der Waals surface area contributed by atoms with Gasteiger partial charge in [-0.05, 0) is 24.1 Å². The number of carbonyl (C=O) groups excluding carboxylic acids is 1. The molecule has 2 N–H and O–H groups in total. The van der Waals surface area contributed by atoms with Crippen molar-refractivity contribution in [2.45, 2.75) is 25.0 Å². The third-order valence-electron chi connectivity index (χ3n) is 5.53. The van der Waals surface area contributed by atoms with Gasteiger partial charge in [-0.25, -0.2) is 15.2 Å². The summed E-state index contributed by atoms with van der Waals surface area (Å²) in [4.78, 5) is 16.9. The van der Waals surface area contributed by atoms with Crippen LogP contribution in [0.25, 0.3) is 0 Å². The van der Waals surface area contributed by atoms with Crippen LogP contribution in [0.15, 0.2) is 48.5 Å². The Morgan fingerprint density at radius 1 is 1.04 bits per heavy atom. The first-order chi connectivity index (χ1) is 13.6. The van der Waals surface area contributed by atoms with E-state index in [1.165, 1.54) is 11.6 Å². The highest BCUT2D eigenvalue weighted by Gasteiger charge is 2.34. The van der Waals surface area contributed by atoms with Gasteiger partial charge in [-0.1, -0.05) is 48.0 Å². The van der Waals surface area contributed by atoms with Gasteiger partial charge in [0, 0.05) is 49.4 Å². The lowest BCUT2D eigenvalue weighted by Crippen LogP contribution is -2.53. The van der Waals surface area contributed by atoms with E-state index in [9.17, 15) is 9.18 Å². The van der Waals surface area contributed by atoms with Crippen LogP contribution in [0.2, 0.25) is 5.02 Å². The first-order valence-electron chi connectivity index (χ1n) is 9.62. The highest BCUT2D eigenvalue weighted by molar-refractivity contribution is 6.31. The Balaban J connectivity index is 1.30. The van der Waals surface area contributed by atoms with Crippen LogP contribution in [0.5, 0.6) is 0 Å². The van der Waals surface area contributed by atoms with Crippen molar-refractivity contribution in [3.05, 3.63) is 70.5 Å². The predicted octanol–water partition coefficient (Wildman–Crippen LogP) is 2.73. The number of hydrogen-bond donors (Lipinski definition) is 2. The van der Waals surface area contributed by atoms with Gasteiger partial charge in [-0.15, -0.1) is 0 Å². The standard InChI is InChI=1S/C21H24ClFN4O/c22-17-7-4-8-18(23)16(17)14-26-9-11-27(12-10-26)21(28)20-13-19(24-25-20)15-5-2-1-3-6-15/h1-8,19-20,24-25H,9-14H2. The van der Waals surface area contributed by atoms with Crippen molar-refractivity contribution in [2.24, 2.45) is 0 Å². The second-order valence-electron chi connectivity index (χ2n) is 7.34. The van der Waals surface area contributed by atoms with Crippen molar-refractivity contribution in [1.82, 2.24) is 20.7 Å². The molecule has 1 amide bonds. The Morgan fingerprint density at radius 3 is 2.50 bits per heavy atom. The first kappa shape index (κ1) is 19.3. The van der Waals surface area contributed by atoms with E-state index >= 15 is 0 Å². The molecule has 148 valence electrons. The lowest BCUT2D eigenvalue weighted by Gasteiger charge is -2.36. The minimum Gasteiger partial charge on any atom is -0.339 e. The first-order valence-corrected chi connectivity index (χ1v) is 9.99. The molecule has 28 heavy (non-hydrogen) atoms. The van der Waals surface area contributed by atoms with E-state index in [2.05, 4.69) is 27.9 Å². The SMILES string of the molecule is O=C(C1CC(c2ccccc2)NN1)N1CCN(Cc2c(F)cccc2Cl)CC1. The molecule has 5 nitrogen and oxygen atoms in total. The molecule has 2 aliphatic heterocycles. The fourth-order valence-corrected chi connectivity index (χ4v) is 4.10. The minimum absolute atomic E-state index is 0.120. The van der Waals surface area contributed by atoms with Gasteiger partial charge in [0.2, 0.25) is 5.91 Å². The predicted molar refractivity (Wildman–Crippen MR) is 107 cm³/mol. The molecule has 0 aliphatic carbocycles. The molecule has 2 saturated heterocycles. The van der Waals surface area contributed by atoms with E-state index in [4.69, 9.17) is 11.6 Å². The fourth-order valence-electron chi connectivity index (χ4n) is 3.88. The van der Waals surface area contributed by atoms with Gasteiger partial charge in [0.15, 0.2) is 0 Å². The number of benzene rings is 2. The van der Waals surface area contributed by atoms with Gasteiger partial charge in [-0.2, -0.15) is 0 Å². The molecule has 0 bridgehead atoms. The summed E-state index contributed by atoms with van der Waals surface area (Å²) in [5, 5.41) is 0.451. The smallest absolute Gasteiger partial charge is 0.241 e. The van der Waals surface area contributed by atoms with Crippen molar-refractivity contribution < 1.29 is 9.18 Å². The highest BCUT2D eigenvalue weighted by atomic mass is 35.5. The normalized spacial score (nSPS) is 23.1. The number of amides is 1. The molecule has 2 aromatic carbocycles. The molecule has 2 heterocycles. The number of hydrogen-bond acceptors (Lipinski definition) is 4. The van der Waals surface area contributed by atoms with Crippen LogP contribution in [0.4, 0.5) is 4.39 Å². The van der Waals surface area contributed by atoms with Crippen molar-refractivity contribution in [3.63, 3.8) is 0 Å². The summed E-state index contributed by atoms with van der Waals surface area (Å²) in [6.07, 6.45) is 0.730. The summed E-state index contributed by atoms with van der Waals surface area (Å²) >= 11 is 6.13. The van der Waals surface area contributed by atoms with Gasteiger partial charge in [0.1, 0.15) is 11.9 Å². The lowest BCUT2D eigenvalue weighted by molar-refractivity contribution is -0.135. The molecule has 2 fully saturated rings. The van der Waals surface area contributed by atoms with E-state index in [0.29, 0.717) is 43.3 Å². The van der Waals surface area contributed by atoms with Crippen LogP contribution in [0, 0.1) is 5.82 Å². The Bertz CT molecular complexity index is 806. The average molecular weight is 403 g/mol. The summed E-state index contributed by atoms with van der Waals surface area (Å²) in [5.41, 5.74) is 8.08. The summed E-state index contributed by atoms with van der Waals surface area (Å²) in [5.74, 6) is -0.159. The largest absolute Gasteiger partial charge is 0.339 e.